The number of sulfone groups is 2. The zero-order chi connectivity index (χ0) is 25.9. The molecule has 0 atom stereocenters. The highest BCUT2D eigenvalue weighted by molar-refractivity contribution is 7.94. The molecule has 0 fully saturated rings. The van der Waals surface area contributed by atoms with Gasteiger partial charge in [-0.3, -0.25) is 0 Å². The van der Waals surface area contributed by atoms with E-state index in [1.54, 1.807) is 65.4 Å². The van der Waals surface area contributed by atoms with Crippen molar-refractivity contribution < 1.29 is 26.3 Å². The van der Waals surface area contributed by atoms with Gasteiger partial charge in [-0.15, -0.1) is 0 Å². The van der Waals surface area contributed by atoms with Gasteiger partial charge in [0.25, 0.3) is 0 Å². The van der Waals surface area contributed by atoms with Crippen LogP contribution in [0.15, 0.2) is 99.1 Å². The Balaban J connectivity index is 1.88. The minimum Gasteiger partial charge on any atom is -0.496 e. The van der Waals surface area contributed by atoms with Gasteiger partial charge in [-0.1, -0.05) is 42.0 Å². The largest absolute Gasteiger partial charge is 0.496 e. The van der Waals surface area contributed by atoms with Crippen LogP contribution in [-0.4, -0.2) is 35.6 Å². The second kappa shape index (κ2) is 10.3. The van der Waals surface area contributed by atoms with Crippen molar-refractivity contribution in [2.75, 3.05) is 14.2 Å². The van der Waals surface area contributed by atoms with Crippen molar-refractivity contribution in [1.82, 2.24) is 4.57 Å². The van der Waals surface area contributed by atoms with Crippen molar-refractivity contribution in [2.24, 2.45) is 0 Å². The summed E-state index contributed by atoms with van der Waals surface area (Å²) in [5, 5.41) is 1.61. The van der Waals surface area contributed by atoms with Crippen LogP contribution in [0.1, 0.15) is 11.1 Å². The highest BCUT2D eigenvalue weighted by Gasteiger charge is 2.26. The third kappa shape index (κ3) is 4.95. The summed E-state index contributed by atoms with van der Waals surface area (Å²) in [4.78, 5) is 0.451. The fourth-order valence-corrected chi connectivity index (χ4v) is 6.63. The van der Waals surface area contributed by atoms with E-state index in [1.165, 1.54) is 32.4 Å². The van der Waals surface area contributed by atoms with E-state index in [-0.39, 0.29) is 27.8 Å². The van der Waals surface area contributed by atoms with E-state index in [9.17, 15) is 16.8 Å². The molecule has 0 unspecified atom stereocenters. The van der Waals surface area contributed by atoms with Crippen molar-refractivity contribution in [1.29, 1.82) is 0 Å². The minimum absolute atomic E-state index is 0.103. The van der Waals surface area contributed by atoms with E-state index < -0.39 is 19.7 Å². The zero-order valence-electron chi connectivity index (χ0n) is 20.2. The standard InChI is InChI=1S/C27H27NO6S2/c1-20-11-13-22(14-12-20)36(31,32)26-18-28(19-33-2)24-15-16-25(34-3)23(27(24)26)10-7-17-35(29,30)21-8-5-4-6-9-21/h4-9,11-18H,10,19H2,1-3H3/b17-7+. The smallest absolute Gasteiger partial charge is 0.208 e. The Labute approximate surface area is 211 Å². The molecule has 0 radical (unpaired) electrons. The van der Waals surface area contributed by atoms with Crippen LogP contribution < -0.4 is 4.74 Å². The van der Waals surface area contributed by atoms with Crippen LogP contribution in [0.2, 0.25) is 0 Å². The Morgan fingerprint density at radius 3 is 2.19 bits per heavy atom. The number of rotatable bonds is 9. The molecule has 9 heteroatoms. The summed E-state index contributed by atoms with van der Waals surface area (Å²) in [6.45, 7) is 2.03. The summed E-state index contributed by atoms with van der Waals surface area (Å²) in [6.07, 6.45) is 3.20. The van der Waals surface area contributed by atoms with Gasteiger partial charge in [0.2, 0.25) is 9.84 Å². The van der Waals surface area contributed by atoms with E-state index >= 15 is 0 Å². The molecule has 1 heterocycles. The Bertz CT molecular complexity index is 1620. The van der Waals surface area contributed by atoms with Gasteiger partial charge in [-0.05, 0) is 49.7 Å². The predicted molar refractivity (Wildman–Crippen MR) is 139 cm³/mol. The molecule has 188 valence electrons. The molecular weight excluding hydrogens is 498 g/mol. The number of allylic oxidation sites excluding steroid dienone is 1. The number of nitrogens with zero attached hydrogens (tertiary/aromatic N) is 1. The molecule has 0 aliphatic rings. The molecule has 7 nitrogen and oxygen atoms in total. The lowest BCUT2D eigenvalue weighted by molar-refractivity contribution is 0.134. The molecule has 0 saturated heterocycles. The van der Waals surface area contributed by atoms with E-state index in [4.69, 9.17) is 9.47 Å². The Hall–Kier alpha value is -3.40. The zero-order valence-corrected chi connectivity index (χ0v) is 21.8. The van der Waals surface area contributed by atoms with Gasteiger partial charge in [0, 0.05) is 29.7 Å². The normalized spacial score (nSPS) is 12.4. The molecule has 3 aromatic carbocycles. The maximum Gasteiger partial charge on any atom is 0.208 e. The highest BCUT2D eigenvalue weighted by Crippen LogP contribution is 2.37. The summed E-state index contributed by atoms with van der Waals surface area (Å²) in [5.74, 6) is 0.458. The summed E-state index contributed by atoms with van der Waals surface area (Å²) in [7, 11) is -4.53. The van der Waals surface area contributed by atoms with Crippen LogP contribution in [0.25, 0.3) is 10.9 Å². The monoisotopic (exact) mass is 525 g/mol. The fraction of sp³-hybridized carbons (Fsp3) is 0.185. The first-order chi connectivity index (χ1) is 17.2. The molecule has 1 aromatic heterocycles. The van der Waals surface area contributed by atoms with E-state index in [0.717, 1.165) is 11.0 Å². The molecule has 0 saturated carbocycles. The topological polar surface area (TPSA) is 91.7 Å². The number of benzene rings is 3. The number of ether oxygens (including phenoxy) is 2. The average Bonchev–Trinajstić information content (AvgIpc) is 3.24. The molecule has 0 aliphatic carbocycles. The van der Waals surface area contributed by atoms with Gasteiger partial charge in [0.1, 0.15) is 12.5 Å². The van der Waals surface area contributed by atoms with Crippen molar-refractivity contribution in [2.45, 2.75) is 34.8 Å². The summed E-state index contributed by atoms with van der Waals surface area (Å²) in [6, 6.07) is 18.3. The van der Waals surface area contributed by atoms with Gasteiger partial charge in [0.05, 0.1) is 27.3 Å². The van der Waals surface area contributed by atoms with Crippen LogP contribution in [0, 0.1) is 6.92 Å². The quantitative estimate of drug-likeness (QED) is 0.308. The van der Waals surface area contributed by atoms with Crippen LogP contribution in [0.4, 0.5) is 0 Å². The van der Waals surface area contributed by atoms with Gasteiger partial charge >= 0.3 is 0 Å². The molecule has 0 aliphatic heterocycles. The number of aromatic nitrogens is 1. The highest BCUT2D eigenvalue weighted by atomic mass is 32.2. The van der Waals surface area contributed by atoms with Gasteiger partial charge in [-0.2, -0.15) is 0 Å². The lowest BCUT2D eigenvalue weighted by Gasteiger charge is -2.11. The third-order valence-electron chi connectivity index (χ3n) is 5.85. The first kappa shape index (κ1) is 25.7. The lowest BCUT2D eigenvalue weighted by Crippen LogP contribution is -2.03. The van der Waals surface area contributed by atoms with Crippen LogP contribution in [0.5, 0.6) is 5.75 Å². The van der Waals surface area contributed by atoms with E-state index in [1.807, 2.05) is 6.92 Å². The van der Waals surface area contributed by atoms with Crippen molar-refractivity contribution in [3.8, 4) is 5.75 Å². The first-order valence-corrected chi connectivity index (χ1v) is 14.2. The second-order valence-corrected chi connectivity index (χ2v) is 12.0. The Kier molecular flexibility index (Phi) is 7.35. The average molecular weight is 526 g/mol. The first-order valence-electron chi connectivity index (χ1n) is 11.1. The lowest BCUT2D eigenvalue weighted by atomic mass is 10.1. The fourth-order valence-electron chi connectivity index (χ4n) is 4.08. The number of aryl methyl sites for hydroxylation is 1. The maximum absolute atomic E-state index is 13.7. The number of methoxy groups -OCH3 is 2. The van der Waals surface area contributed by atoms with E-state index in [2.05, 4.69) is 0 Å². The maximum atomic E-state index is 13.7. The molecule has 0 bridgehead atoms. The summed E-state index contributed by atoms with van der Waals surface area (Å²) >= 11 is 0. The van der Waals surface area contributed by atoms with Crippen molar-refractivity contribution in [3.63, 3.8) is 0 Å². The predicted octanol–water partition coefficient (Wildman–Crippen LogP) is 4.93. The van der Waals surface area contributed by atoms with Gasteiger partial charge in [-0.25, -0.2) is 16.8 Å². The van der Waals surface area contributed by atoms with Crippen LogP contribution in [-0.2, 0) is 37.6 Å². The molecule has 0 spiro atoms. The SMILES string of the molecule is COCn1cc(S(=O)(=O)c2ccc(C)cc2)c2c(C/C=C/S(=O)(=O)c3ccccc3)c(OC)ccc21. The second-order valence-electron chi connectivity index (χ2n) is 8.27. The minimum atomic E-state index is -3.90. The molecule has 0 amide bonds. The third-order valence-corrected chi connectivity index (χ3v) is 9.12. The number of fused-ring (bicyclic) bond motifs is 1. The van der Waals surface area contributed by atoms with E-state index in [0.29, 0.717) is 22.2 Å². The Morgan fingerprint density at radius 2 is 1.56 bits per heavy atom. The molecular formula is C27H27NO6S2. The molecule has 36 heavy (non-hydrogen) atoms. The number of hydrogen-bond donors (Lipinski definition) is 0. The Morgan fingerprint density at radius 1 is 0.861 bits per heavy atom. The van der Waals surface area contributed by atoms with Crippen molar-refractivity contribution in [3.05, 3.63) is 95.5 Å². The summed E-state index contributed by atoms with van der Waals surface area (Å²) in [5.41, 5.74) is 2.15. The summed E-state index contributed by atoms with van der Waals surface area (Å²) < 4.78 is 65.5. The molecule has 4 aromatic rings. The van der Waals surface area contributed by atoms with Crippen LogP contribution >= 0.6 is 0 Å². The van der Waals surface area contributed by atoms with Gasteiger partial charge < -0.3 is 14.0 Å². The number of hydrogen-bond acceptors (Lipinski definition) is 6. The molecule has 0 N–H and O–H groups in total. The van der Waals surface area contributed by atoms with Gasteiger partial charge in [0.15, 0.2) is 9.84 Å². The van der Waals surface area contributed by atoms with Crippen LogP contribution in [0.3, 0.4) is 0 Å². The molecule has 4 rings (SSSR count). The van der Waals surface area contributed by atoms with Crippen molar-refractivity contribution >= 4 is 30.6 Å².